The zero-order valence-electron chi connectivity index (χ0n) is 18.1. The third-order valence-corrected chi connectivity index (χ3v) is 7.93. The van der Waals surface area contributed by atoms with Crippen LogP contribution >= 0.6 is 39.1 Å². The predicted molar refractivity (Wildman–Crippen MR) is 140 cm³/mol. The van der Waals surface area contributed by atoms with E-state index >= 15 is 0 Å². The molecule has 5 nitrogen and oxygen atoms in total. The summed E-state index contributed by atoms with van der Waals surface area (Å²) < 4.78 is 0.841. The highest BCUT2D eigenvalue weighted by atomic mass is 79.9. The first-order valence-electron chi connectivity index (χ1n) is 11.0. The van der Waals surface area contributed by atoms with Crippen molar-refractivity contribution in [3.05, 3.63) is 98.5 Å². The van der Waals surface area contributed by atoms with Gasteiger partial charge in [0, 0.05) is 25.8 Å². The van der Waals surface area contributed by atoms with Crippen molar-refractivity contribution in [2.45, 2.75) is 12.1 Å². The number of nitrogens with zero attached hydrogens (tertiary/aromatic N) is 2. The summed E-state index contributed by atoms with van der Waals surface area (Å²) in [6.07, 6.45) is 3.84. The van der Waals surface area contributed by atoms with Crippen LogP contribution in [-0.2, 0) is 9.59 Å². The highest BCUT2D eigenvalue weighted by molar-refractivity contribution is 9.10. The molecule has 3 heterocycles. The molecule has 0 unspecified atom stereocenters. The van der Waals surface area contributed by atoms with Crippen molar-refractivity contribution in [3.8, 4) is 0 Å². The number of carbonyl (C=O) groups excluding carboxylic acids is 3. The highest BCUT2D eigenvalue weighted by Gasteiger charge is 2.64. The van der Waals surface area contributed by atoms with Crippen LogP contribution < -0.4 is 9.80 Å². The van der Waals surface area contributed by atoms with Crippen LogP contribution in [0.1, 0.15) is 15.9 Å². The third-order valence-electron chi connectivity index (χ3n) is 6.93. The van der Waals surface area contributed by atoms with Gasteiger partial charge in [-0.15, -0.1) is 0 Å². The van der Waals surface area contributed by atoms with Crippen molar-refractivity contribution >= 4 is 74.2 Å². The van der Waals surface area contributed by atoms with Crippen LogP contribution in [0.5, 0.6) is 0 Å². The van der Waals surface area contributed by atoms with E-state index in [1.807, 2.05) is 23.1 Å². The molecule has 4 atom stereocenters. The molecule has 6 rings (SSSR count). The zero-order chi connectivity index (χ0) is 24.4. The first-order valence-corrected chi connectivity index (χ1v) is 12.6. The molecule has 8 heteroatoms. The Balaban J connectivity index is 1.51. The Morgan fingerprint density at radius 3 is 2.31 bits per heavy atom. The number of halogens is 3. The van der Waals surface area contributed by atoms with E-state index in [1.165, 1.54) is 4.90 Å². The standard InChI is InChI=1S/C27H17BrCl2N2O3/c28-16-8-4-15(5-9-16)25(33)24-23-22(20-11-7-14-6-10-18(30)13-21(14)32(20)24)26(34)31(27(23)35)19-3-1-2-17(29)12-19/h1-13,20,22-24H/t20-,22+,23+,24-/m0/s1. The Bertz CT molecular complexity index is 1440. The quantitative estimate of drug-likeness (QED) is 0.286. The lowest BCUT2D eigenvalue weighted by molar-refractivity contribution is -0.122. The Morgan fingerprint density at radius 1 is 0.857 bits per heavy atom. The molecule has 2 saturated heterocycles. The maximum atomic E-state index is 14.0. The maximum absolute atomic E-state index is 14.0. The van der Waals surface area contributed by atoms with Gasteiger partial charge in [0.1, 0.15) is 6.04 Å². The minimum absolute atomic E-state index is 0.217. The van der Waals surface area contributed by atoms with Gasteiger partial charge in [-0.2, -0.15) is 0 Å². The lowest BCUT2D eigenvalue weighted by Crippen LogP contribution is -2.48. The average molecular weight is 568 g/mol. The van der Waals surface area contributed by atoms with E-state index in [9.17, 15) is 14.4 Å². The molecule has 3 aliphatic heterocycles. The van der Waals surface area contributed by atoms with Gasteiger partial charge in [-0.05, 0) is 48.0 Å². The number of imide groups is 1. The Labute approximate surface area is 220 Å². The molecule has 0 saturated carbocycles. The number of benzene rings is 3. The van der Waals surface area contributed by atoms with E-state index in [0.29, 0.717) is 21.3 Å². The van der Waals surface area contributed by atoms with Gasteiger partial charge in [0.2, 0.25) is 11.8 Å². The van der Waals surface area contributed by atoms with E-state index in [2.05, 4.69) is 15.9 Å². The number of Topliss-reactive ketones (excluding diaryl/α,β-unsaturated/α-hetero) is 1. The summed E-state index contributed by atoms with van der Waals surface area (Å²) in [4.78, 5) is 44.7. The molecule has 0 N–H and O–H groups in total. The second-order valence-electron chi connectivity index (χ2n) is 8.82. The van der Waals surface area contributed by atoms with Crippen LogP contribution in [0.15, 0.2) is 77.3 Å². The molecule has 35 heavy (non-hydrogen) atoms. The van der Waals surface area contributed by atoms with Crippen LogP contribution in [0.4, 0.5) is 11.4 Å². The molecule has 3 aromatic rings. The fraction of sp³-hybridized carbons (Fsp3) is 0.148. The SMILES string of the molecule is O=C(c1ccc(Br)cc1)[C@@H]1[C@@H]2C(=O)N(c3cccc(Cl)c3)C(=O)[C@@H]2[C@@H]2C=Cc3ccc(Cl)cc3N12. The van der Waals surface area contributed by atoms with Gasteiger partial charge >= 0.3 is 0 Å². The van der Waals surface area contributed by atoms with Gasteiger partial charge in [0.25, 0.3) is 0 Å². The molecular weight excluding hydrogens is 551 g/mol. The van der Waals surface area contributed by atoms with E-state index < -0.39 is 29.8 Å². The number of amides is 2. The van der Waals surface area contributed by atoms with Crippen molar-refractivity contribution in [3.63, 3.8) is 0 Å². The molecule has 174 valence electrons. The summed E-state index contributed by atoms with van der Waals surface area (Å²) in [6.45, 7) is 0. The van der Waals surface area contributed by atoms with Crippen LogP contribution in [0.2, 0.25) is 10.0 Å². The number of fused-ring (bicyclic) bond motifs is 5. The predicted octanol–water partition coefficient (Wildman–Crippen LogP) is 6.03. The molecule has 2 amide bonds. The van der Waals surface area contributed by atoms with Crippen molar-refractivity contribution < 1.29 is 14.4 Å². The second kappa shape index (κ2) is 8.33. The van der Waals surface area contributed by atoms with Crippen LogP contribution in [0.25, 0.3) is 6.08 Å². The summed E-state index contributed by atoms with van der Waals surface area (Å²) in [5, 5.41) is 0.938. The normalized spacial score (nSPS) is 24.4. The fourth-order valence-electron chi connectivity index (χ4n) is 5.49. The summed E-state index contributed by atoms with van der Waals surface area (Å²) in [5.74, 6) is -2.51. The first-order chi connectivity index (χ1) is 16.8. The van der Waals surface area contributed by atoms with Crippen molar-refractivity contribution in [2.24, 2.45) is 11.8 Å². The molecular formula is C27H17BrCl2N2O3. The van der Waals surface area contributed by atoms with Gasteiger partial charge in [-0.1, -0.05) is 75.5 Å². The summed E-state index contributed by atoms with van der Waals surface area (Å²) >= 11 is 15.9. The second-order valence-corrected chi connectivity index (χ2v) is 10.6. The third kappa shape index (κ3) is 3.46. The van der Waals surface area contributed by atoms with E-state index in [0.717, 1.165) is 15.7 Å². The number of ketones is 1. The Morgan fingerprint density at radius 2 is 1.57 bits per heavy atom. The Kier molecular flexibility index (Phi) is 5.36. The van der Waals surface area contributed by atoms with Crippen LogP contribution in [0, 0.1) is 11.8 Å². The molecule has 3 aliphatic rings. The molecule has 0 bridgehead atoms. The highest BCUT2D eigenvalue weighted by Crippen LogP contribution is 2.50. The van der Waals surface area contributed by atoms with Crippen LogP contribution in [-0.4, -0.2) is 29.7 Å². The zero-order valence-corrected chi connectivity index (χ0v) is 21.2. The monoisotopic (exact) mass is 566 g/mol. The van der Waals surface area contributed by atoms with Crippen molar-refractivity contribution in [1.29, 1.82) is 0 Å². The number of carbonyl (C=O) groups is 3. The van der Waals surface area contributed by atoms with Gasteiger partial charge < -0.3 is 4.90 Å². The van der Waals surface area contributed by atoms with Crippen LogP contribution in [0.3, 0.4) is 0 Å². The van der Waals surface area contributed by atoms with Gasteiger partial charge in [-0.3, -0.25) is 14.4 Å². The topological polar surface area (TPSA) is 57.7 Å². The number of hydrogen-bond donors (Lipinski definition) is 0. The van der Waals surface area contributed by atoms with Gasteiger partial charge in [0.15, 0.2) is 5.78 Å². The fourth-order valence-corrected chi connectivity index (χ4v) is 6.10. The average Bonchev–Trinajstić information content (AvgIpc) is 3.32. The molecule has 0 aliphatic carbocycles. The van der Waals surface area contributed by atoms with Crippen molar-refractivity contribution in [2.75, 3.05) is 9.80 Å². The largest absolute Gasteiger partial charge is 0.352 e. The minimum atomic E-state index is -0.867. The van der Waals surface area contributed by atoms with Gasteiger partial charge in [-0.25, -0.2) is 4.90 Å². The maximum Gasteiger partial charge on any atom is 0.240 e. The van der Waals surface area contributed by atoms with Crippen molar-refractivity contribution in [1.82, 2.24) is 0 Å². The molecule has 0 radical (unpaired) electrons. The van der Waals surface area contributed by atoms with E-state index in [-0.39, 0.29) is 11.7 Å². The van der Waals surface area contributed by atoms with E-state index in [1.54, 1.807) is 60.7 Å². The summed E-state index contributed by atoms with van der Waals surface area (Å²) in [6, 6.07) is 17.8. The molecule has 0 aromatic heterocycles. The lowest BCUT2D eigenvalue weighted by atomic mass is 9.86. The lowest BCUT2D eigenvalue weighted by Gasteiger charge is -2.36. The first kappa shape index (κ1) is 22.5. The van der Waals surface area contributed by atoms with Gasteiger partial charge in [0.05, 0.1) is 23.6 Å². The summed E-state index contributed by atoms with van der Waals surface area (Å²) in [7, 11) is 0. The molecule has 0 spiro atoms. The number of rotatable bonds is 3. The molecule has 2 fully saturated rings. The summed E-state index contributed by atoms with van der Waals surface area (Å²) in [5.41, 5.74) is 2.50. The molecule has 3 aromatic carbocycles. The minimum Gasteiger partial charge on any atom is -0.352 e. The van der Waals surface area contributed by atoms with E-state index in [4.69, 9.17) is 23.2 Å². The Hall–Kier alpha value is -2.93. The number of hydrogen-bond acceptors (Lipinski definition) is 4. The number of anilines is 2. The smallest absolute Gasteiger partial charge is 0.240 e.